The van der Waals surface area contributed by atoms with E-state index in [4.69, 9.17) is 4.52 Å². The number of nitrogens with zero attached hydrogens (tertiary/aromatic N) is 1. The van der Waals surface area contributed by atoms with Crippen molar-refractivity contribution in [3.8, 4) is 22.4 Å². The molecule has 5 heteroatoms. The van der Waals surface area contributed by atoms with Crippen molar-refractivity contribution in [3.63, 3.8) is 0 Å². The third-order valence-electron chi connectivity index (χ3n) is 3.34. The third kappa shape index (κ3) is 2.76. The number of hydrogen-bond acceptors (Lipinski definition) is 3. The van der Waals surface area contributed by atoms with Crippen LogP contribution in [0.1, 0.15) is 12.2 Å². The number of thioether (sulfide) groups is 1. The molecule has 0 N–H and O–H groups in total. The van der Waals surface area contributed by atoms with Crippen molar-refractivity contribution in [2.45, 2.75) is 11.3 Å². The summed E-state index contributed by atoms with van der Waals surface area (Å²) in [5.41, 5.74) is 2.22. The molecule has 112 valence electrons. The molecule has 1 aromatic heterocycles. The van der Waals surface area contributed by atoms with Crippen LogP contribution in [0.3, 0.4) is 0 Å². The summed E-state index contributed by atoms with van der Waals surface area (Å²) in [4.78, 5) is 1.07. The number of rotatable bonds is 4. The Morgan fingerprint density at radius 1 is 0.955 bits per heavy atom. The molecular weight excluding hydrogens is 304 g/mol. The first-order chi connectivity index (χ1) is 10.7. The molecule has 22 heavy (non-hydrogen) atoms. The lowest BCUT2D eigenvalue weighted by atomic mass is 9.99. The van der Waals surface area contributed by atoms with Gasteiger partial charge in [-0.15, -0.1) is 11.8 Å². The summed E-state index contributed by atoms with van der Waals surface area (Å²) < 4.78 is 31.4. The lowest BCUT2D eigenvalue weighted by Crippen LogP contribution is -1.88. The van der Waals surface area contributed by atoms with E-state index in [2.05, 4.69) is 5.16 Å². The third-order valence-corrected chi connectivity index (χ3v) is 4.09. The molecule has 0 aliphatic carbocycles. The quantitative estimate of drug-likeness (QED) is 0.580. The van der Waals surface area contributed by atoms with E-state index < -0.39 is 12.2 Å². The van der Waals surface area contributed by atoms with Gasteiger partial charge in [0.25, 0.3) is 6.43 Å². The minimum absolute atomic E-state index is 0.355. The molecule has 0 saturated carbocycles. The molecule has 0 aliphatic heterocycles. The molecule has 0 bridgehead atoms. The van der Waals surface area contributed by atoms with E-state index in [1.165, 1.54) is 0 Å². The Morgan fingerprint density at radius 3 is 2.23 bits per heavy atom. The van der Waals surface area contributed by atoms with Gasteiger partial charge >= 0.3 is 0 Å². The van der Waals surface area contributed by atoms with Gasteiger partial charge in [-0.1, -0.05) is 47.6 Å². The average molecular weight is 317 g/mol. The van der Waals surface area contributed by atoms with Gasteiger partial charge in [-0.05, 0) is 24.0 Å². The molecule has 3 aromatic rings. The van der Waals surface area contributed by atoms with Crippen LogP contribution in [0.2, 0.25) is 0 Å². The van der Waals surface area contributed by atoms with Gasteiger partial charge in [-0.2, -0.15) is 0 Å². The zero-order valence-electron chi connectivity index (χ0n) is 11.8. The first kappa shape index (κ1) is 14.8. The van der Waals surface area contributed by atoms with Crippen molar-refractivity contribution >= 4 is 11.8 Å². The van der Waals surface area contributed by atoms with Gasteiger partial charge in [0.05, 0.1) is 5.56 Å². The normalized spacial score (nSPS) is 11.1. The van der Waals surface area contributed by atoms with Crippen LogP contribution in [0.4, 0.5) is 8.78 Å². The molecule has 0 spiro atoms. The number of halogens is 2. The van der Waals surface area contributed by atoms with Crippen LogP contribution in [0, 0.1) is 0 Å². The summed E-state index contributed by atoms with van der Waals surface area (Å²) in [6.45, 7) is 0. The van der Waals surface area contributed by atoms with Gasteiger partial charge in [0.15, 0.2) is 0 Å². The Labute approximate surface area is 131 Å². The predicted molar refractivity (Wildman–Crippen MR) is 84.1 cm³/mol. The van der Waals surface area contributed by atoms with E-state index in [-0.39, 0.29) is 0 Å². The zero-order valence-corrected chi connectivity index (χ0v) is 12.6. The molecule has 0 amide bonds. The highest BCUT2D eigenvalue weighted by Crippen LogP contribution is 2.39. The summed E-state index contributed by atoms with van der Waals surface area (Å²) in [7, 11) is 0. The topological polar surface area (TPSA) is 26.0 Å². The van der Waals surface area contributed by atoms with E-state index in [0.29, 0.717) is 16.8 Å². The smallest absolute Gasteiger partial charge is 0.298 e. The van der Waals surface area contributed by atoms with Crippen molar-refractivity contribution in [1.82, 2.24) is 5.16 Å². The number of alkyl halides is 2. The second-order valence-corrected chi connectivity index (χ2v) is 5.55. The summed E-state index contributed by atoms with van der Waals surface area (Å²) in [6, 6.07) is 16.6. The van der Waals surface area contributed by atoms with Gasteiger partial charge in [0.1, 0.15) is 5.69 Å². The fourth-order valence-corrected chi connectivity index (χ4v) is 2.69. The van der Waals surface area contributed by atoms with E-state index in [1.807, 2.05) is 60.9 Å². The maximum Gasteiger partial charge on any atom is 0.298 e. The molecular formula is C17H13F2NOS. The van der Waals surface area contributed by atoms with Gasteiger partial charge in [-0.25, -0.2) is 8.78 Å². The van der Waals surface area contributed by atoms with E-state index in [1.54, 1.807) is 11.8 Å². The van der Waals surface area contributed by atoms with Crippen LogP contribution >= 0.6 is 11.8 Å². The second-order valence-electron chi connectivity index (χ2n) is 4.67. The highest BCUT2D eigenvalue weighted by Gasteiger charge is 2.25. The Kier molecular flexibility index (Phi) is 4.24. The number of benzene rings is 2. The Bertz CT molecular complexity index is 754. The van der Waals surface area contributed by atoms with Crippen LogP contribution in [-0.2, 0) is 0 Å². The SMILES string of the molecule is CSc1ccc(-c2c(-c3ccccc3)noc2C(F)F)cc1. The Morgan fingerprint density at radius 2 is 1.64 bits per heavy atom. The molecule has 2 aromatic carbocycles. The fraction of sp³-hybridized carbons (Fsp3) is 0.118. The van der Waals surface area contributed by atoms with Crippen LogP contribution in [0.25, 0.3) is 22.4 Å². The molecule has 0 fully saturated rings. The summed E-state index contributed by atoms with van der Waals surface area (Å²) in [6.07, 6.45) is -0.741. The largest absolute Gasteiger partial charge is 0.354 e. The van der Waals surface area contributed by atoms with Crippen LogP contribution in [0.15, 0.2) is 64.0 Å². The highest BCUT2D eigenvalue weighted by molar-refractivity contribution is 7.98. The monoisotopic (exact) mass is 317 g/mol. The van der Waals surface area contributed by atoms with Crippen LogP contribution in [-0.4, -0.2) is 11.4 Å². The first-order valence-corrected chi connectivity index (χ1v) is 7.90. The maximum atomic E-state index is 13.2. The van der Waals surface area contributed by atoms with Crippen LogP contribution < -0.4 is 0 Å². The fourth-order valence-electron chi connectivity index (χ4n) is 2.28. The van der Waals surface area contributed by atoms with Crippen molar-refractivity contribution in [2.75, 3.05) is 6.26 Å². The first-order valence-electron chi connectivity index (χ1n) is 6.68. The predicted octanol–water partition coefficient (Wildman–Crippen LogP) is 5.67. The number of hydrogen-bond donors (Lipinski definition) is 0. The summed E-state index contributed by atoms with van der Waals surface area (Å²) >= 11 is 1.60. The lowest BCUT2D eigenvalue weighted by Gasteiger charge is -2.05. The lowest BCUT2D eigenvalue weighted by molar-refractivity contribution is 0.113. The zero-order chi connectivity index (χ0) is 15.5. The Balaban J connectivity index is 2.16. The van der Waals surface area contributed by atoms with E-state index >= 15 is 0 Å². The second kappa shape index (κ2) is 6.32. The van der Waals surface area contributed by atoms with Crippen molar-refractivity contribution < 1.29 is 13.3 Å². The van der Waals surface area contributed by atoms with Gasteiger partial charge < -0.3 is 4.52 Å². The minimum Gasteiger partial charge on any atom is -0.354 e. The van der Waals surface area contributed by atoms with Crippen molar-refractivity contribution in [1.29, 1.82) is 0 Å². The summed E-state index contributed by atoms with van der Waals surface area (Å²) in [5.74, 6) is -0.393. The average Bonchev–Trinajstić information content (AvgIpc) is 3.01. The van der Waals surface area contributed by atoms with Gasteiger partial charge in [-0.3, -0.25) is 0 Å². The van der Waals surface area contributed by atoms with E-state index in [0.717, 1.165) is 10.5 Å². The summed E-state index contributed by atoms with van der Waals surface area (Å²) in [5, 5.41) is 3.87. The van der Waals surface area contributed by atoms with Gasteiger partial charge in [0.2, 0.25) is 5.76 Å². The van der Waals surface area contributed by atoms with Crippen molar-refractivity contribution in [3.05, 3.63) is 60.4 Å². The molecule has 1 heterocycles. The molecule has 0 radical (unpaired) electrons. The van der Waals surface area contributed by atoms with Crippen molar-refractivity contribution in [2.24, 2.45) is 0 Å². The van der Waals surface area contributed by atoms with E-state index in [9.17, 15) is 8.78 Å². The molecule has 0 aliphatic rings. The van der Waals surface area contributed by atoms with Gasteiger partial charge in [0, 0.05) is 10.5 Å². The van der Waals surface area contributed by atoms with Crippen LogP contribution in [0.5, 0.6) is 0 Å². The molecule has 0 atom stereocenters. The molecule has 0 saturated heterocycles. The highest BCUT2D eigenvalue weighted by atomic mass is 32.2. The maximum absolute atomic E-state index is 13.2. The molecule has 2 nitrogen and oxygen atoms in total. The number of aromatic nitrogens is 1. The molecule has 0 unspecified atom stereocenters. The Hall–Kier alpha value is -2.14. The minimum atomic E-state index is -2.71. The standard InChI is InChI=1S/C17H13F2NOS/c1-22-13-9-7-11(8-10-13)14-15(12-5-3-2-4-6-12)20-21-16(14)17(18)19/h2-10,17H,1H3. The molecule has 3 rings (SSSR count).